The summed E-state index contributed by atoms with van der Waals surface area (Å²) in [5, 5.41) is 8.87. The molecule has 0 unspecified atom stereocenters. The Morgan fingerprint density at radius 1 is 1.09 bits per heavy atom. The van der Waals surface area contributed by atoms with Gasteiger partial charge in [-0.05, 0) is 24.3 Å². The van der Waals surface area contributed by atoms with Crippen LogP contribution in [-0.4, -0.2) is 16.2 Å². The normalized spacial score (nSPS) is 10.9. The molecule has 0 saturated carbocycles. The van der Waals surface area contributed by atoms with Crippen molar-refractivity contribution >= 4 is 57.4 Å². The van der Waals surface area contributed by atoms with Gasteiger partial charge in [-0.1, -0.05) is 52.7 Å². The highest BCUT2D eigenvalue weighted by atomic mass is 35.5. The van der Waals surface area contributed by atoms with Crippen LogP contribution in [0.4, 0.5) is 16.6 Å². The number of benzene rings is 1. The second-order valence-electron chi connectivity index (χ2n) is 4.36. The molecule has 8 heteroatoms. The molecule has 0 aliphatic carbocycles. The molecule has 3 aromatic rings. The number of anilines is 3. The molecule has 2 heterocycles. The number of hydrazone groups is 1. The summed E-state index contributed by atoms with van der Waals surface area (Å²) in [4.78, 5) is 9.08. The van der Waals surface area contributed by atoms with Crippen molar-refractivity contribution in [2.24, 2.45) is 5.10 Å². The first-order valence-corrected chi connectivity index (χ1v) is 8.17. The SMILES string of the molecule is Clc1ccccc1Nc1nc(Cl)c(/C=N/Nc2ccccn2)s1. The maximum Gasteiger partial charge on any atom is 0.189 e. The van der Waals surface area contributed by atoms with Gasteiger partial charge in [0.05, 0.1) is 21.8 Å². The van der Waals surface area contributed by atoms with Crippen molar-refractivity contribution in [3.63, 3.8) is 0 Å². The second kappa shape index (κ2) is 7.41. The Bertz CT molecular complexity index is 820. The van der Waals surface area contributed by atoms with Crippen molar-refractivity contribution < 1.29 is 0 Å². The smallest absolute Gasteiger partial charge is 0.189 e. The lowest BCUT2D eigenvalue weighted by Gasteiger charge is -2.03. The zero-order chi connectivity index (χ0) is 16.1. The van der Waals surface area contributed by atoms with Crippen molar-refractivity contribution in [3.8, 4) is 0 Å². The molecule has 0 bridgehead atoms. The Balaban J connectivity index is 1.70. The second-order valence-corrected chi connectivity index (χ2v) is 6.16. The lowest BCUT2D eigenvalue weighted by atomic mass is 10.3. The number of nitrogens with one attached hydrogen (secondary N) is 2. The fraction of sp³-hybridized carbons (Fsp3) is 0. The van der Waals surface area contributed by atoms with E-state index in [1.807, 2.05) is 36.4 Å². The molecule has 116 valence electrons. The van der Waals surface area contributed by atoms with E-state index in [2.05, 4.69) is 25.8 Å². The third kappa shape index (κ3) is 4.19. The van der Waals surface area contributed by atoms with Crippen LogP contribution in [0.1, 0.15) is 4.88 Å². The van der Waals surface area contributed by atoms with Crippen LogP contribution in [0.2, 0.25) is 10.2 Å². The summed E-state index contributed by atoms with van der Waals surface area (Å²) in [6.07, 6.45) is 3.29. The molecule has 2 N–H and O–H groups in total. The van der Waals surface area contributed by atoms with Gasteiger partial charge in [0.1, 0.15) is 5.82 Å². The Labute approximate surface area is 147 Å². The summed E-state index contributed by atoms with van der Waals surface area (Å²) in [7, 11) is 0. The predicted molar refractivity (Wildman–Crippen MR) is 97.3 cm³/mol. The molecule has 5 nitrogen and oxygen atoms in total. The number of hydrogen-bond donors (Lipinski definition) is 2. The topological polar surface area (TPSA) is 62.2 Å². The molecule has 0 aliphatic heterocycles. The van der Waals surface area contributed by atoms with Crippen LogP contribution in [0.3, 0.4) is 0 Å². The van der Waals surface area contributed by atoms with E-state index in [9.17, 15) is 0 Å². The highest BCUT2D eigenvalue weighted by Crippen LogP contribution is 2.30. The quantitative estimate of drug-likeness (QED) is 0.492. The van der Waals surface area contributed by atoms with Crippen LogP contribution in [0.5, 0.6) is 0 Å². The van der Waals surface area contributed by atoms with Gasteiger partial charge in [0.2, 0.25) is 0 Å². The number of hydrogen-bond acceptors (Lipinski definition) is 6. The number of pyridine rings is 1. The van der Waals surface area contributed by atoms with Crippen LogP contribution >= 0.6 is 34.5 Å². The minimum atomic E-state index is 0.371. The number of para-hydroxylation sites is 1. The van der Waals surface area contributed by atoms with Crippen LogP contribution in [-0.2, 0) is 0 Å². The van der Waals surface area contributed by atoms with E-state index >= 15 is 0 Å². The summed E-state index contributed by atoms with van der Waals surface area (Å²) < 4.78 is 0. The third-order valence-corrected chi connectivity index (χ3v) is 4.39. The highest BCUT2D eigenvalue weighted by Gasteiger charge is 2.09. The number of nitrogens with zero attached hydrogens (tertiary/aromatic N) is 3. The molecule has 0 amide bonds. The molecule has 0 radical (unpaired) electrons. The van der Waals surface area contributed by atoms with E-state index in [0.29, 0.717) is 21.1 Å². The standard InChI is InChI=1S/C15H11Cl2N5S/c16-10-5-1-2-6-11(10)20-15-21-14(17)12(23-15)9-19-22-13-7-3-4-8-18-13/h1-9H,(H,18,22)(H,20,21)/b19-9+. The Hall–Kier alpha value is -2.15. The van der Waals surface area contributed by atoms with Crippen LogP contribution in [0, 0.1) is 0 Å². The van der Waals surface area contributed by atoms with Crippen molar-refractivity contribution in [1.29, 1.82) is 0 Å². The summed E-state index contributed by atoms with van der Waals surface area (Å²) in [5.41, 5.74) is 3.60. The summed E-state index contributed by atoms with van der Waals surface area (Å²) in [6.45, 7) is 0. The third-order valence-electron chi connectivity index (χ3n) is 2.75. The largest absolute Gasteiger partial charge is 0.330 e. The zero-order valence-corrected chi connectivity index (χ0v) is 14.0. The molecule has 0 fully saturated rings. The van der Waals surface area contributed by atoms with Gasteiger partial charge >= 0.3 is 0 Å². The lowest BCUT2D eigenvalue weighted by molar-refractivity contribution is 1.23. The van der Waals surface area contributed by atoms with Crippen LogP contribution < -0.4 is 10.7 Å². The van der Waals surface area contributed by atoms with Gasteiger partial charge < -0.3 is 5.32 Å². The first kappa shape index (κ1) is 15.7. The Morgan fingerprint density at radius 2 is 1.91 bits per heavy atom. The minimum absolute atomic E-state index is 0.371. The van der Waals surface area contributed by atoms with E-state index in [1.165, 1.54) is 11.3 Å². The molecule has 0 spiro atoms. The molecule has 0 aliphatic rings. The molecule has 23 heavy (non-hydrogen) atoms. The fourth-order valence-electron chi connectivity index (χ4n) is 1.71. The zero-order valence-electron chi connectivity index (χ0n) is 11.7. The van der Waals surface area contributed by atoms with Gasteiger partial charge in [-0.3, -0.25) is 5.43 Å². The highest BCUT2D eigenvalue weighted by molar-refractivity contribution is 7.17. The van der Waals surface area contributed by atoms with Gasteiger partial charge in [-0.15, -0.1) is 0 Å². The molecule has 0 saturated heterocycles. The van der Waals surface area contributed by atoms with E-state index in [-0.39, 0.29) is 0 Å². The Morgan fingerprint density at radius 3 is 2.70 bits per heavy atom. The first-order valence-electron chi connectivity index (χ1n) is 6.60. The van der Waals surface area contributed by atoms with Crippen molar-refractivity contribution in [1.82, 2.24) is 9.97 Å². The maximum absolute atomic E-state index is 6.12. The van der Waals surface area contributed by atoms with Gasteiger partial charge in [-0.2, -0.15) is 5.10 Å². The lowest BCUT2D eigenvalue weighted by Crippen LogP contribution is -1.91. The average Bonchev–Trinajstić information content (AvgIpc) is 2.90. The van der Waals surface area contributed by atoms with Gasteiger partial charge in [0.15, 0.2) is 10.3 Å². The average molecular weight is 364 g/mol. The number of halogens is 2. The Kier molecular flexibility index (Phi) is 5.07. The fourth-order valence-corrected chi connectivity index (χ4v) is 2.93. The summed E-state index contributed by atoms with van der Waals surface area (Å²) >= 11 is 13.6. The van der Waals surface area contributed by atoms with Crippen LogP contribution in [0.15, 0.2) is 53.8 Å². The maximum atomic E-state index is 6.12. The first-order chi connectivity index (χ1) is 11.2. The summed E-state index contributed by atoms with van der Waals surface area (Å²) in [6, 6.07) is 13.0. The van der Waals surface area contributed by atoms with E-state index in [4.69, 9.17) is 23.2 Å². The summed E-state index contributed by atoms with van der Waals surface area (Å²) in [5.74, 6) is 0.652. The predicted octanol–water partition coefficient (Wildman–Crippen LogP) is 5.03. The van der Waals surface area contributed by atoms with Crippen molar-refractivity contribution in [3.05, 3.63) is 63.7 Å². The molecule has 2 aromatic heterocycles. The molecular weight excluding hydrogens is 353 g/mol. The minimum Gasteiger partial charge on any atom is -0.330 e. The van der Waals surface area contributed by atoms with E-state index < -0.39 is 0 Å². The monoisotopic (exact) mass is 363 g/mol. The molecular formula is C15H11Cl2N5S. The van der Waals surface area contributed by atoms with Gasteiger partial charge in [0, 0.05) is 6.20 Å². The van der Waals surface area contributed by atoms with Gasteiger partial charge in [-0.25, -0.2) is 9.97 Å². The molecule has 3 rings (SSSR count). The van der Waals surface area contributed by atoms with Crippen LogP contribution in [0.25, 0.3) is 0 Å². The molecule has 1 aromatic carbocycles. The van der Waals surface area contributed by atoms with E-state index in [1.54, 1.807) is 18.5 Å². The molecule has 0 atom stereocenters. The van der Waals surface area contributed by atoms with Crippen molar-refractivity contribution in [2.45, 2.75) is 0 Å². The number of rotatable bonds is 5. The number of thiazole rings is 1. The van der Waals surface area contributed by atoms with Gasteiger partial charge in [0.25, 0.3) is 0 Å². The number of aromatic nitrogens is 2. The van der Waals surface area contributed by atoms with Crippen molar-refractivity contribution in [2.75, 3.05) is 10.7 Å². The van der Waals surface area contributed by atoms with E-state index in [0.717, 1.165) is 10.6 Å².